The number of nitro benzene ring substituents is 1. The molecule has 24 heavy (non-hydrogen) atoms. The van der Waals surface area contributed by atoms with Crippen molar-refractivity contribution >= 4 is 11.7 Å². The van der Waals surface area contributed by atoms with Crippen LogP contribution in [-0.4, -0.2) is 34.5 Å². The molecule has 0 bridgehead atoms. The number of non-ortho nitro benzene ring substituents is 1. The number of benzene rings is 1. The molecule has 0 spiro atoms. The highest BCUT2D eigenvalue weighted by Crippen LogP contribution is 2.39. The van der Waals surface area contributed by atoms with E-state index in [1.807, 2.05) is 13.0 Å². The molecule has 130 valence electrons. The topological polar surface area (TPSA) is 72.7 Å². The van der Waals surface area contributed by atoms with Gasteiger partial charge in [0.15, 0.2) is 0 Å². The molecule has 2 aliphatic carbocycles. The van der Waals surface area contributed by atoms with Crippen LogP contribution in [0.4, 0.5) is 5.69 Å². The quantitative estimate of drug-likeness (QED) is 0.435. The van der Waals surface area contributed by atoms with Crippen LogP contribution < -0.4 is 0 Å². The van der Waals surface area contributed by atoms with Gasteiger partial charge in [0.1, 0.15) is 0 Å². The van der Waals surface area contributed by atoms with E-state index in [1.54, 1.807) is 12.1 Å². The van der Waals surface area contributed by atoms with E-state index in [-0.39, 0.29) is 28.5 Å². The van der Waals surface area contributed by atoms with Crippen molar-refractivity contribution in [1.82, 2.24) is 4.90 Å². The van der Waals surface area contributed by atoms with Crippen LogP contribution in [0.1, 0.15) is 44.6 Å². The van der Waals surface area contributed by atoms with Gasteiger partial charge in [0, 0.05) is 30.8 Å². The van der Waals surface area contributed by atoms with Gasteiger partial charge >= 0.3 is 5.97 Å². The Morgan fingerprint density at radius 3 is 2.79 bits per heavy atom. The van der Waals surface area contributed by atoms with Gasteiger partial charge in [0.05, 0.1) is 17.4 Å². The minimum absolute atomic E-state index is 0.0655. The van der Waals surface area contributed by atoms with E-state index in [2.05, 4.69) is 4.90 Å². The molecular weight excluding hydrogens is 308 g/mol. The number of nitrogens with zero attached hydrogens (tertiary/aromatic N) is 2. The molecule has 2 fully saturated rings. The minimum Gasteiger partial charge on any atom is -0.466 e. The van der Waals surface area contributed by atoms with E-state index >= 15 is 0 Å². The van der Waals surface area contributed by atoms with Crippen molar-refractivity contribution in [3.05, 3.63) is 39.9 Å². The zero-order valence-corrected chi connectivity index (χ0v) is 14.0. The van der Waals surface area contributed by atoms with Gasteiger partial charge in [-0.2, -0.15) is 0 Å². The molecule has 0 heterocycles. The highest BCUT2D eigenvalue weighted by molar-refractivity contribution is 5.73. The van der Waals surface area contributed by atoms with Crippen LogP contribution in [0.25, 0.3) is 0 Å². The molecule has 2 aliphatic rings. The predicted octanol–water partition coefficient (Wildman–Crippen LogP) is 3.29. The van der Waals surface area contributed by atoms with Gasteiger partial charge < -0.3 is 4.74 Å². The summed E-state index contributed by atoms with van der Waals surface area (Å²) in [5.74, 6) is -0.158. The predicted molar refractivity (Wildman–Crippen MR) is 89.4 cm³/mol. The van der Waals surface area contributed by atoms with Crippen molar-refractivity contribution < 1.29 is 14.5 Å². The van der Waals surface area contributed by atoms with Gasteiger partial charge in [-0.3, -0.25) is 19.8 Å². The van der Waals surface area contributed by atoms with Gasteiger partial charge in [-0.05, 0) is 38.2 Å². The summed E-state index contributed by atoms with van der Waals surface area (Å²) in [6, 6.07) is 7.50. The number of hydrogen-bond donors (Lipinski definition) is 0. The largest absolute Gasteiger partial charge is 0.466 e. The average molecular weight is 332 g/mol. The summed E-state index contributed by atoms with van der Waals surface area (Å²) in [6.07, 6.45) is 5.19. The van der Waals surface area contributed by atoms with Crippen molar-refractivity contribution in [3.8, 4) is 0 Å². The lowest BCUT2D eigenvalue weighted by molar-refractivity contribution is -0.384. The lowest BCUT2D eigenvalue weighted by Gasteiger charge is -2.32. The van der Waals surface area contributed by atoms with Crippen LogP contribution in [0.5, 0.6) is 0 Å². The Labute approximate surface area is 141 Å². The Balaban J connectivity index is 1.76. The third-order valence-corrected chi connectivity index (χ3v) is 5.00. The first kappa shape index (κ1) is 16.9. The molecule has 6 heteroatoms. The van der Waals surface area contributed by atoms with Gasteiger partial charge in [0.25, 0.3) is 5.69 Å². The lowest BCUT2D eigenvalue weighted by atomic mass is 10.0. The summed E-state index contributed by atoms with van der Waals surface area (Å²) in [5, 5.41) is 11.0. The van der Waals surface area contributed by atoms with Crippen molar-refractivity contribution in [3.63, 3.8) is 0 Å². The maximum Gasteiger partial charge on any atom is 0.310 e. The van der Waals surface area contributed by atoms with Crippen molar-refractivity contribution in [2.24, 2.45) is 5.92 Å². The summed E-state index contributed by atoms with van der Waals surface area (Å²) in [4.78, 5) is 25.3. The summed E-state index contributed by atoms with van der Waals surface area (Å²) in [5.41, 5.74) is 1.06. The minimum atomic E-state index is -0.359. The number of carbonyl (C=O) groups is 1. The van der Waals surface area contributed by atoms with Gasteiger partial charge in [-0.1, -0.05) is 18.6 Å². The maximum atomic E-state index is 12.3. The number of esters is 1. The summed E-state index contributed by atoms with van der Waals surface area (Å²) < 4.78 is 5.25. The molecule has 0 aromatic heterocycles. The normalized spacial score (nSPS) is 23.4. The lowest BCUT2D eigenvalue weighted by Crippen LogP contribution is -2.42. The molecule has 1 aromatic rings. The Morgan fingerprint density at radius 2 is 2.12 bits per heavy atom. The Morgan fingerprint density at radius 1 is 1.33 bits per heavy atom. The van der Waals surface area contributed by atoms with Crippen LogP contribution in [0.15, 0.2) is 24.3 Å². The zero-order chi connectivity index (χ0) is 17.1. The third-order valence-electron chi connectivity index (χ3n) is 5.00. The van der Waals surface area contributed by atoms with Crippen LogP contribution in [0.2, 0.25) is 0 Å². The van der Waals surface area contributed by atoms with E-state index in [4.69, 9.17) is 4.74 Å². The zero-order valence-electron chi connectivity index (χ0n) is 14.0. The number of hydrogen-bond acceptors (Lipinski definition) is 5. The molecule has 0 amide bonds. The third kappa shape index (κ3) is 3.75. The molecule has 6 nitrogen and oxygen atoms in total. The SMILES string of the molecule is CCOC(=O)[C@H]1CCC[C@@H]1N(Cc1cccc([N+](=O)[O-])c1)C1CC1. The van der Waals surface area contributed by atoms with E-state index in [0.29, 0.717) is 19.2 Å². The van der Waals surface area contributed by atoms with Crippen LogP contribution in [0.3, 0.4) is 0 Å². The fraction of sp³-hybridized carbons (Fsp3) is 0.611. The monoisotopic (exact) mass is 332 g/mol. The number of carbonyl (C=O) groups excluding carboxylic acids is 1. The highest BCUT2D eigenvalue weighted by atomic mass is 16.6. The summed E-state index contributed by atoms with van der Waals surface area (Å²) >= 11 is 0. The second-order valence-corrected chi connectivity index (χ2v) is 6.69. The fourth-order valence-corrected chi connectivity index (χ4v) is 3.76. The molecule has 3 rings (SSSR count). The Bertz CT molecular complexity index is 615. The number of ether oxygens (including phenoxy) is 1. The molecule has 1 aromatic carbocycles. The highest BCUT2D eigenvalue weighted by Gasteiger charge is 2.43. The molecule has 0 N–H and O–H groups in total. The van der Waals surface area contributed by atoms with Crippen LogP contribution >= 0.6 is 0 Å². The van der Waals surface area contributed by atoms with E-state index in [0.717, 1.165) is 37.7 Å². The first-order valence-corrected chi connectivity index (χ1v) is 8.76. The molecule has 0 saturated heterocycles. The average Bonchev–Trinajstić information content (AvgIpc) is 3.29. The number of rotatable bonds is 7. The summed E-state index contributed by atoms with van der Waals surface area (Å²) in [6.45, 7) is 2.91. The van der Waals surface area contributed by atoms with Gasteiger partial charge in [-0.25, -0.2) is 0 Å². The van der Waals surface area contributed by atoms with Crippen LogP contribution in [-0.2, 0) is 16.1 Å². The standard InChI is InChI=1S/C18H24N2O4/c1-2-24-18(21)16-7-4-8-17(16)19(14-9-10-14)12-13-5-3-6-15(11-13)20(22)23/h3,5-6,11,14,16-17H,2,4,7-10,12H2,1H3/t16-,17-/m0/s1. The van der Waals surface area contributed by atoms with Gasteiger partial charge in [0.2, 0.25) is 0 Å². The van der Waals surface area contributed by atoms with Crippen molar-refractivity contribution in [2.75, 3.05) is 6.61 Å². The molecule has 0 radical (unpaired) electrons. The Kier molecular flexibility index (Phi) is 5.14. The second-order valence-electron chi connectivity index (χ2n) is 6.69. The summed E-state index contributed by atoms with van der Waals surface area (Å²) in [7, 11) is 0. The van der Waals surface area contributed by atoms with Crippen molar-refractivity contribution in [1.29, 1.82) is 0 Å². The first-order valence-electron chi connectivity index (χ1n) is 8.76. The molecular formula is C18H24N2O4. The first-order chi connectivity index (χ1) is 11.6. The molecule has 0 unspecified atom stereocenters. The van der Waals surface area contributed by atoms with Gasteiger partial charge in [-0.15, -0.1) is 0 Å². The van der Waals surface area contributed by atoms with E-state index < -0.39 is 0 Å². The number of nitro groups is 1. The molecule has 2 atom stereocenters. The van der Waals surface area contributed by atoms with Crippen molar-refractivity contribution in [2.45, 2.75) is 57.7 Å². The van der Waals surface area contributed by atoms with Crippen LogP contribution in [0, 0.1) is 16.0 Å². The Hall–Kier alpha value is -1.95. The van der Waals surface area contributed by atoms with E-state index in [1.165, 1.54) is 6.07 Å². The second kappa shape index (κ2) is 7.30. The van der Waals surface area contributed by atoms with E-state index in [9.17, 15) is 14.9 Å². The molecule has 0 aliphatic heterocycles. The molecule has 2 saturated carbocycles. The maximum absolute atomic E-state index is 12.3. The smallest absolute Gasteiger partial charge is 0.310 e. The fourth-order valence-electron chi connectivity index (χ4n) is 3.76.